The molecule has 0 radical (unpaired) electrons. The molecule has 0 aliphatic carbocycles. The Balaban J connectivity index is 0.000000232. The number of nitrogens with one attached hydrogen (secondary N) is 1. The second-order valence-corrected chi connectivity index (χ2v) is 5.28. The average Bonchev–Trinajstić information content (AvgIpc) is 2.44. The van der Waals surface area contributed by atoms with E-state index < -0.39 is 10.4 Å². The normalized spacial score (nSPS) is 13.4. The van der Waals surface area contributed by atoms with Gasteiger partial charge in [-0.2, -0.15) is 8.42 Å². The van der Waals surface area contributed by atoms with Gasteiger partial charge in [0.25, 0.3) is 11.8 Å². The van der Waals surface area contributed by atoms with Gasteiger partial charge in [-0.3, -0.25) is 23.6 Å². The van der Waals surface area contributed by atoms with Crippen LogP contribution < -0.4 is 5.32 Å². The Morgan fingerprint density at radius 1 is 1.00 bits per heavy atom. The standard InChI is InChI=1S/C12H7NO2.CH4O4S/c14-11-8-5-1-3-7-4-2-6-9(10(7)8)12(15)13-11;1-5-6(2,3)4/h1-6H,(H,13,14,15);1H3,(H,2,3,4). The molecule has 1 aliphatic rings. The quantitative estimate of drug-likeness (QED) is 0.604. The first-order valence-electron chi connectivity index (χ1n) is 5.74. The van der Waals surface area contributed by atoms with Gasteiger partial charge in [0.15, 0.2) is 0 Å². The number of benzene rings is 2. The molecule has 0 spiro atoms. The molecule has 2 aromatic rings. The molecule has 0 saturated carbocycles. The number of imide groups is 1. The summed E-state index contributed by atoms with van der Waals surface area (Å²) in [6, 6.07) is 10.9. The van der Waals surface area contributed by atoms with Gasteiger partial charge < -0.3 is 0 Å². The highest BCUT2D eigenvalue weighted by molar-refractivity contribution is 7.80. The van der Waals surface area contributed by atoms with Crippen molar-refractivity contribution >= 4 is 33.0 Å². The van der Waals surface area contributed by atoms with Crippen molar-refractivity contribution in [1.29, 1.82) is 0 Å². The summed E-state index contributed by atoms with van der Waals surface area (Å²) in [4.78, 5) is 23.1. The average molecular weight is 309 g/mol. The molecule has 2 amide bonds. The van der Waals surface area contributed by atoms with Crippen molar-refractivity contribution in [1.82, 2.24) is 5.32 Å². The van der Waals surface area contributed by atoms with Crippen molar-refractivity contribution in [3.63, 3.8) is 0 Å². The summed E-state index contributed by atoms with van der Waals surface area (Å²) in [6.45, 7) is 0. The zero-order valence-electron chi connectivity index (χ0n) is 10.9. The van der Waals surface area contributed by atoms with Crippen LogP contribution >= 0.6 is 0 Å². The maximum absolute atomic E-state index is 11.6. The largest absolute Gasteiger partial charge is 0.397 e. The first-order valence-corrected chi connectivity index (χ1v) is 7.10. The van der Waals surface area contributed by atoms with E-state index in [1.54, 1.807) is 12.1 Å². The third kappa shape index (κ3) is 3.24. The summed E-state index contributed by atoms with van der Waals surface area (Å²) in [6.07, 6.45) is 0. The van der Waals surface area contributed by atoms with Crippen LogP contribution in [0, 0.1) is 0 Å². The lowest BCUT2D eigenvalue weighted by Crippen LogP contribution is -2.34. The zero-order chi connectivity index (χ0) is 15.6. The second-order valence-electron chi connectivity index (χ2n) is 4.09. The SMILES string of the molecule is COS(=O)(=O)O.O=C1NC(=O)c2cccc3cccc1c23. The van der Waals surface area contributed by atoms with E-state index in [0.29, 0.717) is 11.1 Å². The molecule has 110 valence electrons. The van der Waals surface area contributed by atoms with Gasteiger partial charge >= 0.3 is 10.4 Å². The number of carbonyl (C=O) groups excluding carboxylic acids is 2. The lowest BCUT2D eigenvalue weighted by Gasteiger charge is -2.15. The Bertz CT molecular complexity index is 779. The molecule has 2 aromatic carbocycles. The molecule has 7 nitrogen and oxygen atoms in total. The zero-order valence-corrected chi connectivity index (χ0v) is 11.7. The van der Waals surface area contributed by atoms with E-state index in [1.165, 1.54) is 0 Å². The van der Waals surface area contributed by atoms with E-state index in [9.17, 15) is 18.0 Å². The first-order chi connectivity index (χ1) is 9.83. The highest BCUT2D eigenvalue weighted by Crippen LogP contribution is 2.25. The maximum Gasteiger partial charge on any atom is 0.397 e. The topological polar surface area (TPSA) is 110 Å². The van der Waals surface area contributed by atoms with Crippen LogP contribution in [0.5, 0.6) is 0 Å². The second kappa shape index (κ2) is 5.60. The first kappa shape index (κ1) is 15.1. The number of hydrogen-bond donors (Lipinski definition) is 2. The van der Waals surface area contributed by atoms with E-state index in [4.69, 9.17) is 4.55 Å². The van der Waals surface area contributed by atoms with E-state index in [-0.39, 0.29) is 11.8 Å². The third-order valence-electron chi connectivity index (χ3n) is 2.83. The van der Waals surface area contributed by atoms with Crippen LogP contribution in [-0.2, 0) is 14.6 Å². The van der Waals surface area contributed by atoms with Gasteiger partial charge in [0.2, 0.25) is 0 Å². The molecular formula is C13H11NO6S. The van der Waals surface area contributed by atoms with Crippen LogP contribution in [0.2, 0.25) is 0 Å². The van der Waals surface area contributed by atoms with Crippen LogP contribution in [0.15, 0.2) is 36.4 Å². The summed E-state index contributed by atoms with van der Waals surface area (Å²) in [5, 5.41) is 4.00. The molecule has 0 saturated heterocycles. The smallest absolute Gasteiger partial charge is 0.288 e. The minimum Gasteiger partial charge on any atom is -0.288 e. The van der Waals surface area contributed by atoms with Gasteiger partial charge in [0, 0.05) is 16.5 Å². The van der Waals surface area contributed by atoms with E-state index >= 15 is 0 Å². The Morgan fingerprint density at radius 2 is 1.43 bits per heavy atom. The molecule has 2 N–H and O–H groups in total. The van der Waals surface area contributed by atoms with Gasteiger partial charge in [-0.1, -0.05) is 24.3 Å². The third-order valence-corrected chi connectivity index (χ3v) is 3.25. The van der Waals surface area contributed by atoms with Gasteiger partial charge in [-0.25, -0.2) is 0 Å². The molecule has 1 aliphatic heterocycles. The molecule has 3 rings (SSSR count). The van der Waals surface area contributed by atoms with Crippen molar-refractivity contribution < 1.29 is 26.7 Å². The van der Waals surface area contributed by atoms with Gasteiger partial charge in [0.1, 0.15) is 0 Å². The van der Waals surface area contributed by atoms with E-state index in [2.05, 4.69) is 9.50 Å². The van der Waals surface area contributed by atoms with Gasteiger partial charge in [-0.05, 0) is 17.5 Å². The number of amides is 2. The maximum atomic E-state index is 11.6. The Morgan fingerprint density at radius 3 is 1.81 bits per heavy atom. The van der Waals surface area contributed by atoms with Crippen LogP contribution in [0.3, 0.4) is 0 Å². The summed E-state index contributed by atoms with van der Waals surface area (Å²) in [5.74, 6) is -0.631. The molecule has 0 bridgehead atoms. The summed E-state index contributed by atoms with van der Waals surface area (Å²) < 4.78 is 29.7. The minimum atomic E-state index is -4.16. The lowest BCUT2D eigenvalue weighted by molar-refractivity contribution is 0.0845. The van der Waals surface area contributed by atoms with Crippen LogP contribution in [0.4, 0.5) is 0 Å². The molecule has 8 heteroatoms. The Labute approximate surface area is 120 Å². The number of rotatable bonds is 1. The molecule has 0 aromatic heterocycles. The van der Waals surface area contributed by atoms with Crippen LogP contribution in [0.25, 0.3) is 10.8 Å². The minimum absolute atomic E-state index is 0.315. The predicted octanol–water partition coefficient (Wildman–Crippen LogP) is 1.16. The monoisotopic (exact) mass is 309 g/mol. The summed E-state index contributed by atoms with van der Waals surface area (Å²) >= 11 is 0. The Hall–Kier alpha value is -2.29. The Kier molecular flexibility index (Phi) is 4.03. The fraction of sp³-hybridized carbons (Fsp3) is 0.0769. The molecule has 21 heavy (non-hydrogen) atoms. The van der Waals surface area contributed by atoms with Crippen molar-refractivity contribution in [3.8, 4) is 0 Å². The summed E-state index contributed by atoms with van der Waals surface area (Å²) in [5.41, 5.74) is 1.14. The summed E-state index contributed by atoms with van der Waals surface area (Å²) in [7, 11) is -3.29. The van der Waals surface area contributed by atoms with E-state index in [1.807, 2.05) is 24.3 Å². The molecular weight excluding hydrogens is 298 g/mol. The molecule has 0 unspecified atom stereocenters. The van der Waals surface area contributed by atoms with Crippen molar-refractivity contribution in [2.24, 2.45) is 0 Å². The predicted molar refractivity (Wildman–Crippen MR) is 74.3 cm³/mol. The molecule has 0 atom stereocenters. The highest BCUT2D eigenvalue weighted by Gasteiger charge is 2.23. The lowest BCUT2D eigenvalue weighted by atomic mass is 9.95. The van der Waals surface area contributed by atoms with Gasteiger partial charge in [0.05, 0.1) is 7.11 Å². The molecule has 0 fully saturated rings. The van der Waals surface area contributed by atoms with Crippen molar-refractivity contribution in [2.75, 3.05) is 7.11 Å². The molecule has 1 heterocycles. The fourth-order valence-corrected chi connectivity index (χ4v) is 1.96. The van der Waals surface area contributed by atoms with Crippen molar-refractivity contribution in [2.45, 2.75) is 0 Å². The van der Waals surface area contributed by atoms with Crippen molar-refractivity contribution in [3.05, 3.63) is 47.5 Å². The number of carbonyl (C=O) groups is 2. The van der Waals surface area contributed by atoms with E-state index in [0.717, 1.165) is 17.9 Å². The number of hydrogen-bond acceptors (Lipinski definition) is 5. The van der Waals surface area contributed by atoms with Gasteiger partial charge in [-0.15, -0.1) is 0 Å². The highest BCUT2D eigenvalue weighted by atomic mass is 32.3. The fourth-order valence-electron chi connectivity index (χ4n) is 1.96. The van der Waals surface area contributed by atoms with Crippen LogP contribution in [-0.4, -0.2) is 31.9 Å². The van der Waals surface area contributed by atoms with Crippen LogP contribution in [0.1, 0.15) is 20.7 Å².